The summed E-state index contributed by atoms with van der Waals surface area (Å²) in [6.45, 7) is 2.01. The first-order valence-electron chi connectivity index (χ1n) is 10.9. The van der Waals surface area contributed by atoms with Crippen LogP contribution in [0.2, 0.25) is 0 Å². The van der Waals surface area contributed by atoms with Crippen molar-refractivity contribution in [2.45, 2.75) is 37.9 Å². The van der Waals surface area contributed by atoms with Crippen molar-refractivity contribution in [1.29, 1.82) is 0 Å². The number of fused-ring (bicyclic) bond motifs is 1. The normalized spacial score (nSPS) is 20.3. The van der Waals surface area contributed by atoms with Gasteiger partial charge in [-0.3, -0.25) is 4.79 Å². The molecule has 0 unspecified atom stereocenters. The molecule has 2 aliphatic rings. The molecule has 0 amide bonds. The largest absolute Gasteiger partial charge is 0.416 e. The Morgan fingerprint density at radius 2 is 1.52 bits per heavy atom. The Labute approximate surface area is 190 Å². The molecule has 6 heteroatoms. The molecule has 1 aliphatic heterocycles. The van der Waals surface area contributed by atoms with Crippen LogP contribution in [0.3, 0.4) is 0 Å². The van der Waals surface area contributed by atoms with Gasteiger partial charge in [0, 0.05) is 17.7 Å². The maximum atomic E-state index is 13.9. The van der Waals surface area contributed by atoms with Crippen molar-refractivity contribution in [3.05, 3.63) is 106 Å². The monoisotopic (exact) mass is 448 g/mol. The van der Waals surface area contributed by atoms with E-state index in [1.807, 2.05) is 55.5 Å². The number of rotatable bonds is 2. The van der Waals surface area contributed by atoms with Crippen LogP contribution in [-0.4, -0.2) is 5.78 Å². The number of carbonyl (C=O) groups is 1. The van der Waals surface area contributed by atoms with Crippen molar-refractivity contribution >= 4 is 17.2 Å². The molecule has 0 radical (unpaired) electrons. The molecule has 0 saturated carbocycles. The van der Waals surface area contributed by atoms with Crippen molar-refractivity contribution in [3.63, 3.8) is 0 Å². The number of benzene rings is 3. The van der Waals surface area contributed by atoms with Crippen molar-refractivity contribution in [2.24, 2.45) is 0 Å². The van der Waals surface area contributed by atoms with Crippen LogP contribution in [0.25, 0.3) is 0 Å². The third kappa shape index (κ3) is 4.01. The Morgan fingerprint density at radius 3 is 2.24 bits per heavy atom. The topological polar surface area (TPSA) is 41.1 Å². The highest BCUT2D eigenvalue weighted by Gasteiger charge is 2.40. The number of carbonyl (C=O) groups excluding carboxylic acids is 1. The predicted molar refractivity (Wildman–Crippen MR) is 123 cm³/mol. The first kappa shape index (κ1) is 21.3. The molecular weight excluding hydrogens is 425 g/mol. The van der Waals surface area contributed by atoms with Crippen LogP contribution in [0.1, 0.15) is 47.1 Å². The fraction of sp³-hybridized carbons (Fsp3) is 0.222. The van der Waals surface area contributed by atoms with Crippen LogP contribution in [-0.2, 0) is 11.0 Å². The van der Waals surface area contributed by atoms with Gasteiger partial charge in [0.25, 0.3) is 0 Å². The zero-order valence-corrected chi connectivity index (χ0v) is 18.0. The molecule has 0 spiro atoms. The molecule has 33 heavy (non-hydrogen) atoms. The minimum Gasteiger partial charge on any atom is -0.372 e. The molecule has 1 heterocycles. The number of halogens is 3. The number of ketones is 1. The van der Waals surface area contributed by atoms with Crippen molar-refractivity contribution in [3.8, 4) is 0 Å². The van der Waals surface area contributed by atoms with Gasteiger partial charge in [-0.05, 0) is 48.6 Å². The summed E-state index contributed by atoms with van der Waals surface area (Å²) in [6.07, 6.45) is -3.72. The van der Waals surface area contributed by atoms with E-state index in [1.54, 1.807) is 6.07 Å². The fourth-order valence-electron chi connectivity index (χ4n) is 4.81. The summed E-state index contributed by atoms with van der Waals surface area (Å²) < 4.78 is 41.7. The van der Waals surface area contributed by atoms with E-state index in [4.69, 9.17) is 0 Å². The van der Waals surface area contributed by atoms with Crippen LogP contribution in [0.4, 0.5) is 24.5 Å². The molecule has 3 nitrogen and oxygen atoms in total. The van der Waals surface area contributed by atoms with Gasteiger partial charge in [-0.25, -0.2) is 0 Å². The summed E-state index contributed by atoms with van der Waals surface area (Å²) in [5.41, 5.74) is 3.97. The fourth-order valence-corrected chi connectivity index (χ4v) is 4.81. The molecule has 2 atom stereocenters. The molecule has 5 rings (SSSR count). The second-order valence-corrected chi connectivity index (χ2v) is 8.66. The van der Waals surface area contributed by atoms with Gasteiger partial charge in [-0.1, -0.05) is 60.2 Å². The molecule has 0 fully saturated rings. The third-order valence-corrected chi connectivity index (χ3v) is 6.43. The van der Waals surface area contributed by atoms with E-state index in [9.17, 15) is 18.0 Å². The first-order chi connectivity index (χ1) is 15.8. The summed E-state index contributed by atoms with van der Waals surface area (Å²) in [7, 11) is 0. The maximum Gasteiger partial charge on any atom is 0.416 e. The van der Waals surface area contributed by atoms with Crippen molar-refractivity contribution in [2.75, 3.05) is 10.6 Å². The first-order valence-corrected chi connectivity index (χ1v) is 10.9. The van der Waals surface area contributed by atoms with Gasteiger partial charge in [-0.15, -0.1) is 0 Å². The Hall–Kier alpha value is -3.54. The lowest BCUT2D eigenvalue weighted by Crippen LogP contribution is -2.28. The van der Waals surface area contributed by atoms with Gasteiger partial charge in [0.2, 0.25) is 0 Å². The number of nitrogens with one attached hydrogen (secondary N) is 2. The van der Waals surface area contributed by atoms with E-state index in [2.05, 4.69) is 10.6 Å². The third-order valence-electron chi connectivity index (χ3n) is 6.43. The number of allylic oxidation sites excluding steroid dienone is 1. The molecule has 0 bridgehead atoms. The van der Waals surface area contributed by atoms with E-state index in [1.165, 1.54) is 12.1 Å². The predicted octanol–water partition coefficient (Wildman–Crippen LogP) is 6.99. The van der Waals surface area contributed by atoms with Gasteiger partial charge < -0.3 is 10.6 Å². The van der Waals surface area contributed by atoms with Gasteiger partial charge in [0.05, 0.1) is 23.0 Å². The minimum absolute atomic E-state index is 0.0341. The van der Waals surface area contributed by atoms with Gasteiger partial charge in [0.15, 0.2) is 5.78 Å². The molecule has 3 aromatic carbocycles. The van der Waals surface area contributed by atoms with E-state index in [0.29, 0.717) is 23.4 Å². The summed E-state index contributed by atoms with van der Waals surface area (Å²) in [4.78, 5) is 13.5. The minimum atomic E-state index is -4.53. The van der Waals surface area contributed by atoms with E-state index in [-0.39, 0.29) is 23.7 Å². The number of Topliss-reactive ketones (excluding diaryl/α,β-unsaturated/α-hetero) is 1. The highest BCUT2D eigenvalue weighted by Crippen LogP contribution is 2.46. The number of hydrogen-bond donors (Lipinski definition) is 2. The summed E-state index contributed by atoms with van der Waals surface area (Å²) in [6, 6.07) is 20.0. The standard InChI is InChI=1S/C27H23F3N2O/c1-16-10-12-17(13-11-16)18-14-23-25(24(33)15-18)26(32-22-9-5-4-8-21(22)31-23)19-6-2-3-7-20(19)27(28,29)30/h2-13,18,26,31-32H,14-15H2,1H3/t18-,26+/m0/s1. The zero-order valence-electron chi connectivity index (χ0n) is 18.0. The quantitative estimate of drug-likeness (QED) is 0.444. The SMILES string of the molecule is Cc1ccc([C@@H]2CC(=O)C3=C(C2)Nc2ccccc2N[C@@H]3c2ccccc2C(F)(F)F)cc1. The lowest BCUT2D eigenvalue weighted by Gasteiger charge is -2.31. The van der Waals surface area contributed by atoms with E-state index < -0.39 is 17.8 Å². The van der Waals surface area contributed by atoms with Crippen LogP contribution >= 0.6 is 0 Å². The number of alkyl halides is 3. The number of anilines is 2. The molecule has 0 saturated heterocycles. The van der Waals surface area contributed by atoms with Crippen LogP contribution in [0, 0.1) is 6.92 Å². The zero-order chi connectivity index (χ0) is 23.2. The number of para-hydroxylation sites is 2. The maximum absolute atomic E-state index is 13.9. The second-order valence-electron chi connectivity index (χ2n) is 8.66. The second kappa shape index (κ2) is 8.10. The van der Waals surface area contributed by atoms with Crippen molar-refractivity contribution < 1.29 is 18.0 Å². The lowest BCUT2D eigenvalue weighted by molar-refractivity contribution is -0.138. The Balaban J connectivity index is 1.65. The Kier molecular flexibility index (Phi) is 5.23. The highest BCUT2D eigenvalue weighted by atomic mass is 19.4. The highest BCUT2D eigenvalue weighted by molar-refractivity contribution is 6.01. The van der Waals surface area contributed by atoms with Gasteiger partial charge >= 0.3 is 6.18 Å². The molecule has 0 aromatic heterocycles. The van der Waals surface area contributed by atoms with Crippen LogP contribution < -0.4 is 10.6 Å². The summed E-state index contributed by atoms with van der Waals surface area (Å²) in [5, 5.41) is 6.61. The van der Waals surface area contributed by atoms with Crippen molar-refractivity contribution in [1.82, 2.24) is 0 Å². The Bertz CT molecular complexity index is 1240. The molecule has 168 valence electrons. The molecule has 1 aliphatic carbocycles. The average molecular weight is 448 g/mol. The van der Waals surface area contributed by atoms with Crippen LogP contribution in [0.15, 0.2) is 84.1 Å². The molecular formula is C27H23F3N2O. The summed E-state index contributed by atoms with van der Waals surface area (Å²) in [5.74, 6) is -0.176. The van der Waals surface area contributed by atoms with Crippen LogP contribution in [0.5, 0.6) is 0 Å². The smallest absolute Gasteiger partial charge is 0.372 e. The summed E-state index contributed by atoms with van der Waals surface area (Å²) >= 11 is 0. The van der Waals surface area contributed by atoms with E-state index >= 15 is 0 Å². The Morgan fingerprint density at radius 1 is 0.848 bits per heavy atom. The van der Waals surface area contributed by atoms with E-state index in [0.717, 1.165) is 22.9 Å². The average Bonchev–Trinajstić information content (AvgIpc) is 2.96. The number of aryl methyl sites for hydroxylation is 1. The van der Waals surface area contributed by atoms with Gasteiger partial charge in [0.1, 0.15) is 0 Å². The number of hydrogen-bond acceptors (Lipinski definition) is 3. The van der Waals surface area contributed by atoms with Gasteiger partial charge in [-0.2, -0.15) is 13.2 Å². The lowest BCUT2D eigenvalue weighted by atomic mass is 9.78. The molecule has 2 N–H and O–H groups in total. The molecule has 3 aromatic rings.